The van der Waals surface area contributed by atoms with Crippen LogP contribution < -0.4 is 24.8 Å². The maximum atomic E-state index is 5.95. The number of nitrogens with one attached hydrogen (secondary N) is 2. The molecular weight excluding hydrogens is 356 g/mol. The van der Waals surface area contributed by atoms with E-state index in [4.69, 9.17) is 14.2 Å². The number of aromatic nitrogens is 1. The van der Waals surface area contributed by atoms with Gasteiger partial charge in [0.25, 0.3) is 0 Å². The Balaban J connectivity index is 1.20. The Kier molecular flexibility index (Phi) is 5.80. The maximum Gasteiger partial charge on any atom is 0.213 e. The first-order chi connectivity index (χ1) is 13.8. The lowest BCUT2D eigenvalue weighted by Gasteiger charge is -2.27. The highest BCUT2D eigenvalue weighted by atomic mass is 16.6. The molecule has 0 bridgehead atoms. The van der Waals surface area contributed by atoms with Crippen LogP contribution in [0.4, 0.5) is 0 Å². The van der Waals surface area contributed by atoms with Gasteiger partial charge in [-0.05, 0) is 36.5 Å². The standard InChI is InChI=1S/C21H26N4O3/c1-22-21(25-12-17-14-26-18-4-2-3-5-19(18)28-17)24-11-16-8-9-20(23-10-16)27-13-15-6-7-15/h2-5,8-10,15,17H,6-7,11-14H2,1H3,(H2,22,24,25). The molecule has 1 atom stereocenters. The number of pyridine rings is 1. The van der Waals surface area contributed by atoms with Gasteiger partial charge in [-0.2, -0.15) is 0 Å². The molecule has 2 N–H and O–H groups in total. The van der Waals surface area contributed by atoms with Gasteiger partial charge in [0.05, 0.1) is 13.2 Å². The van der Waals surface area contributed by atoms with Crippen molar-refractivity contribution in [3.05, 3.63) is 48.2 Å². The lowest BCUT2D eigenvalue weighted by Crippen LogP contribution is -2.45. The number of hydrogen-bond donors (Lipinski definition) is 2. The summed E-state index contributed by atoms with van der Waals surface area (Å²) in [4.78, 5) is 8.62. The average Bonchev–Trinajstić information content (AvgIpc) is 3.57. The fourth-order valence-corrected chi connectivity index (χ4v) is 2.87. The summed E-state index contributed by atoms with van der Waals surface area (Å²) in [6.45, 7) is 2.51. The van der Waals surface area contributed by atoms with Gasteiger partial charge in [-0.1, -0.05) is 18.2 Å². The Morgan fingerprint density at radius 1 is 1.18 bits per heavy atom. The molecule has 1 saturated carbocycles. The zero-order valence-corrected chi connectivity index (χ0v) is 16.1. The second-order valence-electron chi connectivity index (χ2n) is 7.06. The van der Waals surface area contributed by atoms with Crippen molar-refractivity contribution in [1.29, 1.82) is 0 Å². The summed E-state index contributed by atoms with van der Waals surface area (Å²) in [6.07, 6.45) is 4.31. The van der Waals surface area contributed by atoms with Crippen LogP contribution in [-0.2, 0) is 6.54 Å². The van der Waals surface area contributed by atoms with E-state index in [0.29, 0.717) is 31.5 Å². The van der Waals surface area contributed by atoms with Crippen molar-refractivity contribution in [3.63, 3.8) is 0 Å². The molecule has 2 aromatic rings. The lowest BCUT2D eigenvalue weighted by molar-refractivity contribution is 0.0936. The molecule has 1 aromatic heterocycles. The smallest absolute Gasteiger partial charge is 0.213 e. The summed E-state index contributed by atoms with van der Waals surface area (Å²) in [7, 11) is 1.75. The molecular formula is C21H26N4O3. The highest BCUT2D eigenvalue weighted by molar-refractivity contribution is 5.79. The first-order valence-corrected chi connectivity index (χ1v) is 9.71. The summed E-state index contributed by atoms with van der Waals surface area (Å²) in [5.74, 6) is 3.69. The van der Waals surface area contributed by atoms with Gasteiger partial charge in [-0.15, -0.1) is 0 Å². The SMILES string of the molecule is CN=C(NCc1ccc(OCC2CC2)nc1)NCC1COc2ccccc2O1. The largest absolute Gasteiger partial charge is 0.486 e. The number of ether oxygens (including phenoxy) is 3. The summed E-state index contributed by atoms with van der Waals surface area (Å²) in [5.41, 5.74) is 1.06. The Hall–Kier alpha value is -2.96. The van der Waals surface area contributed by atoms with E-state index in [1.807, 2.05) is 42.6 Å². The molecule has 2 heterocycles. The second kappa shape index (κ2) is 8.82. The van der Waals surface area contributed by atoms with Crippen molar-refractivity contribution >= 4 is 5.96 Å². The first kappa shape index (κ1) is 18.4. The van der Waals surface area contributed by atoms with Gasteiger partial charge in [0.1, 0.15) is 12.7 Å². The summed E-state index contributed by atoms with van der Waals surface area (Å²) >= 11 is 0. The third-order valence-corrected chi connectivity index (χ3v) is 4.71. The Labute approximate surface area is 165 Å². The number of para-hydroxylation sites is 2. The highest BCUT2D eigenvalue weighted by Crippen LogP contribution is 2.30. The van der Waals surface area contributed by atoms with E-state index in [-0.39, 0.29) is 6.10 Å². The number of rotatable bonds is 7. The molecule has 1 unspecified atom stereocenters. The summed E-state index contributed by atoms with van der Waals surface area (Å²) in [5, 5.41) is 6.57. The summed E-state index contributed by atoms with van der Waals surface area (Å²) < 4.78 is 17.4. The first-order valence-electron chi connectivity index (χ1n) is 9.71. The third kappa shape index (κ3) is 5.06. The van der Waals surface area contributed by atoms with Gasteiger partial charge >= 0.3 is 0 Å². The predicted octanol–water partition coefficient (Wildman–Crippen LogP) is 2.38. The van der Waals surface area contributed by atoms with Crippen LogP contribution in [-0.4, -0.2) is 43.9 Å². The Bertz CT molecular complexity index is 806. The molecule has 4 rings (SSSR count). The minimum atomic E-state index is -0.0713. The van der Waals surface area contributed by atoms with E-state index in [2.05, 4.69) is 20.6 Å². The minimum absolute atomic E-state index is 0.0713. The molecule has 0 saturated heterocycles. The van der Waals surface area contributed by atoms with Gasteiger partial charge in [-0.3, -0.25) is 4.99 Å². The normalized spacial score (nSPS) is 18.5. The van der Waals surface area contributed by atoms with Crippen molar-refractivity contribution in [2.75, 3.05) is 26.8 Å². The number of benzene rings is 1. The number of guanidine groups is 1. The van der Waals surface area contributed by atoms with Crippen LogP contribution in [0.3, 0.4) is 0 Å². The Morgan fingerprint density at radius 3 is 2.79 bits per heavy atom. The summed E-state index contributed by atoms with van der Waals surface area (Å²) in [6, 6.07) is 11.6. The molecule has 148 valence electrons. The molecule has 0 radical (unpaired) electrons. The predicted molar refractivity (Wildman–Crippen MR) is 107 cm³/mol. The molecule has 0 spiro atoms. The van der Waals surface area contributed by atoms with Crippen molar-refractivity contribution in [3.8, 4) is 17.4 Å². The van der Waals surface area contributed by atoms with Gasteiger partial charge < -0.3 is 24.8 Å². The molecule has 1 aliphatic heterocycles. The highest BCUT2D eigenvalue weighted by Gasteiger charge is 2.22. The molecule has 7 heteroatoms. The van der Waals surface area contributed by atoms with Crippen LogP contribution in [0.15, 0.2) is 47.6 Å². The molecule has 2 aliphatic rings. The topological polar surface area (TPSA) is 77.0 Å². The Morgan fingerprint density at radius 2 is 2.04 bits per heavy atom. The van der Waals surface area contributed by atoms with Crippen molar-refractivity contribution in [2.24, 2.45) is 10.9 Å². The molecule has 7 nitrogen and oxygen atoms in total. The fraction of sp³-hybridized carbons (Fsp3) is 0.429. The third-order valence-electron chi connectivity index (χ3n) is 4.71. The number of fused-ring (bicyclic) bond motifs is 1. The van der Waals surface area contributed by atoms with E-state index in [9.17, 15) is 0 Å². The monoisotopic (exact) mass is 382 g/mol. The van der Waals surface area contributed by atoms with Crippen molar-refractivity contribution in [2.45, 2.75) is 25.5 Å². The number of hydrogen-bond acceptors (Lipinski definition) is 5. The van der Waals surface area contributed by atoms with Crippen LogP contribution >= 0.6 is 0 Å². The van der Waals surface area contributed by atoms with Gasteiger partial charge in [-0.25, -0.2) is 4.98 Å². The van der Waals surface area contributed by atoms with Crippen molar-refractivity contribution < 1.29 is 14.2 Å². The van der Waals surface area contributed by atoms with Crippen LogP contribution in [0.5, 0.6) is 17.4 Å². The van der Waals surface area contributed by atoms with E-state index in [1.54, 1.807) is 7.05 Å². The minimum Gasteiger partial charge on any atom is -0.486 e. The van der Waals surface area contributed by atoms with Crippen LogP contribution in [0.2, 0.25) is 0 Å². The molecule has 0 amide bonds. The quantitative estimate of drug-likeness (QED) is 0.566. The maximum absolute atomic E-state index is 5.95. The lowest BCUT2D eigenvalue weighted by atomic mass is 10.2. The van der Waals surface area contributed by atoms with Crippen LogP contribution in [0.1, 0.15) is 18.4 Å². The van der Waals surface area contributed by atoms with Gasteiger partial charge in [0.2, 0.25) is 5.88 Å². The molecule has 1 fully saturated rings. The number of aliphatic imine (C=N–C) groups is 1. The average molecular weight is 382 g/mol. The van der Waals surface area contributed by atoms with Crippen molar-refractivity contribution in [1.82, 2.24) is 15.6 Å². The zero-order valence-electron chi connectivity index (χ0n) is 16.1. The van der Waals surface area contributed by atoms with Gasteiger partial charge in [0, 0.05) is 25.9 Å². The van der Waals surface area contributed by atoms with Gasteiger partial charge in [0.15, 0.2) is 17.5 Å². The van der Waals surface area contributed by atoms with Crippen LogP contribution in [0, 0.1) is 5.92 Å². The van der Waals surface area contributed by atoms with E-state index in [0.717, 1.165) is 29.6 Å². The van der Waals surface area contributed by atoms with E-state index < -0.39 is 0 Å². The second-order valence-corrected chi connectivity index (χ2v) is 7.06. The molecule has 28 heavy (non-hydrogen) atoms. The molecule has 1 aromatic carbocycles. The van der Waals surface area contributed by atoms with E-state index in [1.165, 1.54) is 12.8 Å². The zero-order chi connectivity index (χ0) is 19.2. The fourth-order valence-electron chi connectivity index (χ4n) is 2.87. The van der Waals surface area contributed by atoms with Crippen LogP contribution in [0.25, 0.3) is 0 Å². The van der Waals surface area contributed by atoms with E-state index >= 15 is 0 Å². The number of nitrogens with zero attached hydrogens (tertiary/aromatic N) is 2. The molecule has 1 aliphatic carbocycles.